The molecule has 0 aliphatic carbocycles. The molecule has 2 heteroatoms. The maximum absolute atomic E-state index is 5.87. The summed E-state index contributed by atoms with van der Waals surface area (Å²) in [4.78, 5) is 2.29. The predicted molar refractivity (Wildman–Crippen MR) is 78.1 cm³/mol. The summed E-state index contributed by atoms with van der Waals surface area (Å²) in [5.74, 6) is 0.646. The molecule has 0 aliphatic heterocycles. The summed E-state index contributed by atoms with van der Waals surface area (Å²) >= 11 is 5.87. The lowest BCUT2D eigenvalue weighted by Crippen LogP contribution is -2.27. The summed E-state index contributed by atoms with van der Waals surface area (Å²) in [5, 5.41) is 0. The highest BCUT2D eigenvalue weighted by Crippen LogP contribution is 2.27. The minimum absolute atomic E-state index is 0.270. The van der Waals surface area contributed by atoms with E-state index < -0.39 is 0 Å². The lowest BCUT2D eigenvalue weighted by molar-refractivity contribution is 0.296. The zero-order valence-electron chi connectivity index (χ0n) is 10.6. The number of alkyl halides is 1. The summed E-state index contributed by atoms with van der Waals surface area (Å²) in [5.41, 5.74) is 2.60. The molecule has 0 saturated carbocycles. The standard InChI is InChI=1S/C16H18ClN/c1-18(13-12-17)16(14-8-4-2-5-9-14)15-10-6-3-7-11-15/h2-11,16H,12-13H2,1H3. The van der Waals surface area contributed by atoms with E-state index in [4.69, 9.17) is 11.6 Å². The first-order valence-electron chi connectivity index (χ1n) is 6.19. The average molecular weight is 260 g/mol. The van der Waals surface area contributed by atoms with Gasteiger partial charge < -0.3 is 0 Å². The summed E-state index contributed by atoms with van der Waals surface area (Å²) in [6.07, 6.45) is 0. The van der Waals surface area contributed by atoms with Crippen molar-refractivity contribution in [2.75, 3.05) is 19.5 Å². The highest BCUT2D eigenvalue weighted by molar-refractivity contribution is 6.18. The molecule has 2 aromatic carbocycles. The molecule has 0 unspecified atom stereocenters. The quantitative estimate of drug-likeness (QED) is 0.735. The molecule has 0 saturated heterocycles. The van der Waals surface area contributed by atoms with Gasteiger partial charge in [-0.25, -0.2) is 0 Å². The summed E-state index contributed by atoms with van der Waals surface area (Å²) in [6, 6.07) is 21.4. The molecule has 0 amide bonds. The van der Waals surface area contributed by atoms with Crippen LogP contribution in [0.2, 0.25) is 0 Å². The number of nitrogens with zero attached hydrogens (tertiary/aromatic N) is 1. The van der Waals surface area contributed by atoms with Crippen molar-refractivity contribution in [1.82, 2.24) is 4.90 Å². The molecule has 0 aromatic heterocycles. The molecular formula is C16H18ClN. The maximum atomic E-state index is 5.87. The molecule has 0 aliphatic rings. The molecule has 0 bridgehead atoms. The predicted octanol–water partition coefficient (Wildman–Crippen LogP) is 3.95. The Kier molecular flexibility index (Phi) is 4.80. The van der Waals surface area contributed by atoms with Crippen LogP contribution in [0.1, 0.15) is 17.2 Å². The van der Waals surface area contributed by atoms with Gasteiger partial charge in [-0.1, -0.05) is 60.7 Å². The Bertz CT molecular complexity index is 416. The van der Waals surface area contributed by atoms with Gasteiger partial charge in [-0.15, -0.1) is 11.6 Å². The van der Waals surface area contributed by atoms with E-state index in [1.807, 2.05) is 12.1 Å². The number of benzene rings is 2. The zero-order chi connectivity index (χ0) is 12.8. The minimum Gasteiger partial charge on any atom is -0.294 e. The summed E-state index contributed by atoms with van der Waals surface area (Å²) < 4.78 is 0. The van der Waals surface area contributed by atoms with E-state index in [-0.39, 0.29) is 6.04 Å². The maximum Gasteiger partial charge on any atom is 0.0599 e. The number of rotatable bonds is 5. The third-order valence-electron chi connectivity index (χ3n) is 3.11. The van der Waals surface area contributed by atoms with E-state index >= 15 is 0 Å². The Morgan fingerprint density at radius 3 is 1.72 bits per heavy atom. The highest BCUT2D eigenvalue weighted by Gasteiger charge is 2.17. The van der Waals surface area contributed by atoms with Crippen molar-refractivity contribution in [1.29, 1.82) is 0 Å². The fourth-order valence-corrected chi connectivity index (χ4v) is 2.50. The molecule has 0 N–H and O–H groups in total. The average Bonchev–Trinajstić information content (AvgIpc) is 2.42. The molecule has 0 atom stereocenters. The minimum atomic E-state index is 0.270. The first-order valence-corrected chi connectivity index (χ1v) is 6.72. The fraction of sp³-hybridized carbons (Fsp3) is 0.250. The van der Waals surface area contributed by atoms with E-state index in [0.717, 1.165) is 6.54 Å². The van der Waals surface area contributed by atoms with Crippen LogP contribution in [0.3, 0.4) is 0 Å². The summed E-state index contributed by atoms with van der Waals surface area (Å²) in [6.45, 7) is 0.871. The van der Waals surface area contributed by atoms with Crippen LogP contribution >= 0.6 is 11.6 Å². The van der Waals surface area contributed by atoms with Gasteiger partial charge in [0.05, 0.1) is 6.04 Å². The number of hydrogen-bond donors (Lipinski definition) is 0. The molecule has 0 spiro atoms. The van der Waals surface area contributed by atoms with E-state index in [9.17, 15) is 0 Å². The van der Waals surface area contributed by atoms with Gasteiger partial charge in [0.2, 0.25) is 0 Å². The van der Waals surface area contributed by atoms with Crippen molar-refractivity contribution < 1.29 is 0 Å². The van der Waals surface area contributed by atoms with Crippen molar-refractivity contribution in [3.05, 3.63) is 71.8 Å². The van der Waals surface area contributed by atoms with Crippen molar-refractivity contribution in [3.8, 4) is 0 Å². The monoisotopic (exact) mass is 259 g/mol. The lowest BCUT2D eigenvalue weighted by Gasteiger charge is -2.28. The molecule has 0 fully saturated rings. The van der Waals surface area contributed by atoms with Crippen LogP contribution in [0.15, 0.2) is 60.7 Å². The first-order chi connectivity index (χ1) is 8.83. The molecule has 1 nitrogen and oxygen atoms in total. The Balaban J connectivity index is 2.35. The van der Waals surface area contributed by atoms with Gasteiger partial charge in [-0.05, 0) is 18.2 Å². The van der Waals surface area contributed by atoms with Gasteiger partial charge >= 0.3 is 0 Å². The number of halogens is 1. The molecule has 0 heterocycles. The van der Waals surface area contributed by atoms with Gasteiger partial charge in [-0.3, -0.25) is 4.90 Å². The van der Waals surface area contributed by atoms with Crippen LogP contribution in [0.4, 0.5) is 0 Å². The largest absolute Gasteiger partial charge is 0.294 e. The smallest absolute Gasteiger partial charge is 0.0599 e. The second-order valence-electron chi connectivity index (χ2n) is 4.39. The van der Waals surface area contributed by atoms with Crippen LogP contribution in [0.25, 0.3) is 0 Å². The normalized spacial score (nSPS) is 11.1. The Hall–Kier alpha value is -1.31. The highest BCUT2D eigenvalue weighted by atomic mass is 35.5. The van der Waals surface area contributed by atoms with Crippen molar-refractivity contribution in [2.24, 2.45) is 0 Å². The van der Waals surface area contributed by atoms with Crippen LogP contribution < -0.4 is 0 Å². The fourth-order valence-electron chi connectivity index (χ4n) is 2.23. The zero-order valence-corrected chi connectivity index (χ0v) is 11.3. The Labute approximate surface area is 114 Å². The molecule has 2 aromatic rings. The van der Waals surface area contributed by atoms with E-state index in [0.29, 0.717) is 5.88 Å². The molecule has 18 heavy (non-hydrogen) atoms. The van der Waals surface area contributed by atoms with E-state index in [1.54, 1.807) is 0 Å². The van der Waals surface area contributed by atoms with Gasteiger partial charge in [0, 0.05) is 12.4 Å². The van der Waals surface area contributed by atoms with E-state index in [2.05, 4.69) is 60.5 Å². The van der Waals surface area contributed by atoms with Crippen LogP contribution in [-0.4, -0.2) is 24.4 Å². The molecule has 94 valence electrons. The van der Waals surface area contributed by atoms with Gasteiger partial charge in [-0.2, -0.15) is 0 Å². The summed E-state index contributed by atoms with van der Waals surface area (Å²) in [7, 11) is 2.12. The van der Waals surface area contributed by atoms with E-state index in [1.165, 1.54) is 11.1 Å². The molecular weight excluding hydrogens is 242 g/mol. The van der Waals surface area contributed by atoms with Gasteiger partial charge in [0.1, 0.15) is 0 Å². The third-order valence-corrected chi connectivity index (χ3v) is 3.28. The Morgan fingerprint density at radius 1 is 0.889 bits per heavy atom. The second-order valence-corrected chi connectivity index (χ2v) is 4.77. The van der Waals surface area contributed by atoms with Crippen LogP contribution in [-0.2, 0) is 0 Å². The molecule has 2 rings (SSSR count). The van der Waals surface area contributed by atoms with Gasteiger partial charge in [0.25, 0.3) is 0 Å². The van der Waals surface area contributed by atoms with Crippen molar-refractivity contribution in [3.63, 3.8) is 0 Å². The van der Waals surface area contributed by atoms with Gasteiger partial charge in [0.15, 0.2) is 0 Å². The topological polar surface area (TPSA) is 3.24 Å². The third kappa shape index (κ3) is 3.12. The Morgan fingerprint density at radius 2 is 1.33 bits per heavy atom. The lowest BCUT2D eigenvalue weighted by atomic mass is 9.97. The SMILES string of the molecule is CN(CCCl)C(c1ccccc1)c1ccccc1. The van der Waals surface area contributed by atoms with Crippen molar-refractivity contribution in [2.45, 2.75) is 6.04 Å². The molecule has 0 radical (unpaired) electrons. The van der Waals surface area contributed by atoms with Crippen LogP contribution in [0.5, 0.6) is 0 Å². The second kappa shape index (κ2) is 6.58. The first kappa shape index (κ1) is 13.1. The van der Waals surface area contributed by atoms with Crippen molar-refractivity contribution >= 4 is 11.6 Å². The van der Waals surface area contributed by atoms with Crippen LogP contribution in [0, 0.1) is 0 Å². The number of hydrogen-bond acceptors (Lipinski definition) is 1.